The van der Waals surface area contributed by atoms with Gasteiger partial charge in [0.25, 0.3) is 0 Å². The van der Waals surface area contributed by atoms with Gasteiger partial charge in [-0.25, -0.2) is 4.98 Å². The fourth-order valence-corrected chi connectivity index (χ4v) is 5.15. The van der Waals surface area contributed by atoms with Crippen molar-refractivity contribution in [1.29, 1.82) is 0 Å². The van der Waals surface area contributed by atoms with Gasteiger partial charge in [0.05, 0.1) is 29.5 Å². The molecule has 2 aliphatic heterocycles. The van der Waals surface area contributed by atoms with Crippen LogP contribution in [0.3, 0.4) is 0 Å². The van der Waals surface area contributed by atoms with E-state index >= 15 is 0 Å². The summed E-state index contributed by atoms with van der Waals surface area (Å²) >= 11 is 7.88. The number of ether oxygens (including phenoxy) is 1. The average molecular weight is 410 g/mol. The number of nitrogens with zero attached hydrogens (tertiary/aromatic N) is 4. The van der Waals surface area contributed by atoms with Crippen LogP contribution in [0.15, 0.2) is 6.07 Å². The lowest BCUT2D eigenvalue weighted by Crippen LogP contribution is -2.56. The molecule has 0 bridgehead atoms. The number of halogens is 1. The number of carbonyl (C=O) groups excluding carboxylic acids is 1. The minimum Gasteiger partial charge on any atom is -0.378 e. The minimum absolute atomic E-state index is 0.0997. The van der Waals surface area contributed by atoms with Gasteiger partial charge in [0.15, 0.2) is 5.82 Å². The van der Waals surface area contributed by atoms with E-state index < -0.39 is 0 Å². The molecular formula is C18H24ClN5O2S. The number of nitrogens with one attached hydrogen (secondary N) is 1. The van der Waals surface area contributed by atoms with E-state index in [-0.39, 0.29) is 23.2 Å². The number of aromatic nitrogens is 2. The van der Waals surface area contributed by atoms with Gasteiger partial charge in [-0.05, 0) is 23.6 Å². The Labute approximate surface area is 167 Å². The number of anilines is 1. The van der Waals surface area contributed by atoms with Gasteiger partial charge in [0.1, 0.15) is 0 Å². The first-order valence-electron chi connectivity index (χ1n) is 9.33. The molecule has 2 aromatic heterocycles. The Hall–Kier alpha value is -1.48. The zero-order valence-electron chi connectivity index (χ0n) is 15.6. The van der Waals surface area contributed by atoms with Crippen molar-refractivity contribution >= 4 is 44.9 Å². The third-order valence-corrected chi connectivity index (χ3v) is 6.31. The van der Waals surface area contributed by atoms with Crippen molar-refractivity contribution in [2.75, 3.05) is 44.3 Å². The van der Waals surface area contributed by atoms with Crippen LogP contribution >= 0.6 is 22.9 Å². The quantitative estimate of drug-likeness (QED) is 0.780. The Balaban J connectivity index is 1.64. The Bertz CT molecular complexity index is 837. The molecule has 0 spiro atoms. The Morgan fingerprint density at radius 3 is 2.85 bits per heavy atom. The molecule has 0 saturated carbocycles. The highest BCUT2D eigenvalue weighted by molar-refractivity contribution is 7.19. The molecule has 2 fully saturated rings. The van der Waals surface area contributed by atoms with Crippen molar-refractivity contribution in [1.82, 2.24) is 20.2 Å². The van der Waals surface area contributed by atoms with Crippen LogP contribution in [-0.4, -0.2) is 66.2 Å². The van der Waals surface area contributed by atoms with Crippen LogP contribution in [0.25, 0.3) is 10.2 Å². The molecule has 0 aliphatic carbocycles. The molecular weight excluding hydrogens is 386 g/mol. The van der Waals surface area contributed by atoms with Crippen molar-refractivity contribution in [3.63, 3.8) is 0 Å². The van der Waals surface area contributed by atoms with Crippen LogP contribution in [0.2, 0.25) is 5.28 Å². The van der Waals surface area contributed by atoms with Crippen LogP contribution in [0, 0.1) is 5.92 Å². The van der Waals surface area contributed by atoms with Crippen LogP contribution in [0.5, 0.6) is 0 Å². The van der Waals surface area contributed by atoms with Gasteiger partial charge in [0.2, 0.25) is 11.2 Å². The molecule has 0 aromatic carbocycles. The van der Waals surface area contributed by atoms with Gasteiger partial charge in [-0.3, -0.25) is 9.69 Å². The lowest BCUT2D eigenvalue weighted by Gasteiger charge is -2.36. The third-order valence-electron chi connectivity index (χ3n) is 5.04. The van der Waals surface area contributed by atoms with E-state index in [0.717, 1.165) is 42.2 Å². The smallest absolute Gasteiger partial charge is 0.237 e. The average Bonchev–Trinajstić information content (AvgIpc) is 3.03. The van der Waals surface area contributed by atoms with Gasteiger partial charge in [-0.15, -0.1) is 11.3 Å². The monoisotopic (exact) mass is 409 g/mol. The highest BCUT2D eigenvalue weighted by atomic mass is 35.5. The summed E-state index contributed by atoms with van der Waals surface area (Å²) in [5.74, 6) is 1.27. The molecule has 146 valence electrons. The number of rotatable bonds is 4. The van der Waals surface area contributed by atoms with E-state index in [9.17, 15) is 4.79 Å². The van der Waals surface area contributed by atoms with Crippen molar-refractivity contribution < 1.29 is 9.53 Å². The zero-order valence-corrected chi connectivity index (χ0v) is 17.1. The fourth-order valence-electron chi connectivity index (χ4n) is 3.84. The van der Waals surface area contributed by atoms with E-state index in [1.807, 2.05) is 0 Å². The summed E-state index contributed by atoms with van der Waals surface area (Å²) in [7, 11) is 0. The van der Waals surface area contributed by atoms with Crippen LogP contribution < -0.4 is 10.2 Å². The van der Waals surface area contributed by atoms with Gasteiger partial charge in [0, 0.05) is 37.6 Å². The number of fused-ring (bicyclic) bond motifs is 1. The summed E-state index contributed by atoms with van der Waals surface area (Å²) in [6.07, 6.45) is 0. The van der Waals surface area contributed by atoms with E-state index in [1.54, 1.807) is 11.3 Å². The maximum atomic E-state index is 12.3. The highest BCUT2D eigenvalue weighted by Gasteiger charge is 2.32. The molecule has 4 rings (SSSR count). The van der Waals surface area contributed by atoms with Crippen molar-refractivity contribution in [2.45, 2.75) is 26.4 Å². The topological polar surface area (TPSA) is 70.6 Å². The van der Waals surface area contributed by atoms with E-state index in [1.165, 1.54) is 4.88 Å². The zero-order chi connectivity index (χ0) is 19.0. The summed E-state index contributed by atoms with van der Waals surface area (Å²) in [4.78, 5) is 26.9. The van der Waals surface area contributed by atoms with Gasteiger partial charge in [-0.2, -0.15) is 4.98 Å². The summed E-state index contributed by atoms with van der Waals surface area (Å²) < 4.78 is 6.51. The molecule has 0 radical (unpaired) electrons. The number of thiophene rings is 1. The summed E-state index contributed by atoms with van der Waals surface area (Å²) in [5, 5.41) is 3.25. The molecule has 4 heterocycles. The molecule has 27 heavy (non-hydrogen) atoms. The largest absolute Gasteiger partial charge is 0.378 e. The van der Waals surface area contributed by atoms with Gasteiger partial charge >= 0.3 is 0 Å². The highest BCUT2D eigenvalue weighted by Crippen LogP contribution is 2.34. The van der Waals surface area contributed by atoms with Crippen LogP contribution in [0.1, 0.15) is 18.7 Å². The number of piperazine rings is 1. The fraction of sp³-hybridized carbons (Fsp3) is 0.611. The minimum atomic E-state index is -0.0997. The van der Waals surface area contributed by atoms with Crippen LogP contribution in [0.4, 0.5) is 5.82 Å². The number of carbonyl (C=O) groups is 1. The lowest BCUT2D eigenvalue weighted by molar-refractivity contribution is -0.131. The second kappa shape index (κ2) is 7.87. The van der Waals surface area contributed by atoms with Crippen LogP contribution in [-0.2, 0) is 16.1 Å². The van der Waals surface area contributed by atoms with E-state index in [2.05, 4.69) is 45.0 Å². The standard InChI is InChI=1S/C18H24ClN5O2S/c1-11(2)14-17(25)20-3-4-24(14)10-12-9-13-15(27-12)16(22-18(19)21-13)23-5-7-26-8-6-23/h9,11,14H,3-8,10H2,1-2H3,(H,20,25)/t14-/m0/s1. The summed E-state index contributed by atoms with van der Waals surface area (Å²) in [6, 6.07) is 1.99. The SMILES string of the molecule is CC(C)[C@H]1C(=O)NCCN1Cc1cc2nc(Cl)nc(N3CCOCC3)c2s1. The Morgan fingerprint density at radius 1 is 1.33 bits per heavy atom. The predicted octanol–water partition coefficient (Wildman–Crippen LogP) is 2.14. The van der Waals surface area contributed by atoms with Gasteiger partial charge < -0.3 is 15.0 Å². The number of amides is 1. The third kappa shape index (κ3) is 3.89. The molecule has 1 N–H and O–H groups in total. The maximum Gasteiger partial charge on any atom is 0.237 e. The van der Waals surface area contributed by atoms with E-state index in [4.69, 9.17) is 16.3 Å². The number of hydrogen-bond acceptors (Lipinski definition) is 7. The van der Waals surface area contributed by atoms with Crippen molar-refractivity contribution in [3.05, 3.63) is 16.2 Å². The Kier molecular flexibility index (Phi) is 5.50. The molecule has 9 heteroatoms. The summed E-state index contributed by atoms with van der Waals surface area (Å²) in [5.41, 5.74) is 0.874. The molecule has 2 aromatic rings. The van der Waals surface area contributed by atoms with Crippen molar-refractivity contribution in [3.8, 4) is 0 Å². The Morgan fingerprint density at radius 2 is 2.11 bits per heavy atom. The molecule has 1 amide bonds. The maximum absolute atomic E-state index is 12.3. The lowest BCUT2D eigenvalue weighted by atomic mass is 9.99. The summed E-state index contributed by atoms with van der Waals surface area (Å²) in [6.45, 7) is 9.46. The van der Waals surface area contributed by atoms with Gasteiger partial charge in [-0.1, -0.05) is 13.8 Å². The molecule has 0 unspecified atom stereocenters. The molecule has 7 nitrogen and oxygen atoms in total. The molecule has 2 saturated heterocycles. The normalized spacial score (nSPS) is 21.9. The number of hydrogen-bond donors (Lipinski definition) is 1. The first-order valence-corrected chi connectivity index (χ1v) is 10.5. The molecule has 2 aliphatic rings. The van der Waals surface area contributed by atoms with Crippen molar-refractivity contribution in [2.24, 2.45) is 5.92 Å². The number of morpholine rings is 1. The molecule has 1 atom stereocenters. The second-order valence-electron chi connectivity index (χ2n) is 7.29. The second-order valence-corrected chi connectivity index (χ2v) is 8.77. The first kappa shape index (κ1) is 18.9. The predicted molar refractivity (Wildman–Crippen MR) is 108 cm³/mol. The van der Waals surface area contributed by atoms with E-state index in [0.29, 0.717) is 19.8 Å². The first-order chi connectivity index (χ1) is 13.0.